The van der Waals surface area contributed by atoms with Crippen molar-refractivity contribution in [2.45, 2.75) is 38.5 Å². The highest BCUT2D eigenvalue weighted by atomic mass is 16.2. The molecule has 0 atom stereocenters. The molecule has 0 bridgehead atoms. The minimum Gasteiger partial charge on any atom is -0.372 e. The van der Waals surface area contributed by atoms with Gasteiger partial charge in [0.15, 0.2) is 0 Å². The number of hydrogen-bond donors (Lipinski definition) is 2. The summed E-state index contributed by atoms with van der Waals surface area (Å²) in [7, 11) is 0. The van der Waals surface area contributed by atoms with Gasteiger partial charge in [0.25, 0.3) is 0 Å². The van der Waals surface area contributed by atoms with Crippen molar-refractivity contribution in [3.8, 4) is 0 Å². The molecule has 0 radical (unpaired) electrons. The number of anilines is 2. The van der Waals surface area contributed by atoms with Crippen molar-refractivity contribution < 1.29 is 9.59 Å². The standard InChI is InChI=1S/C24H29N3O2/c28-22(25-16-13-19-7-3-1-4-8-19)24(14-15-24)23(29)26-20-9-11-21(12-10-20)27-17-5-2-6-18-27/h1,3-4,7-12H,2,5-6,13-18H2,(H,25,28)(H,26,29). The predicted molar refractivity (Wildman–Crippen MR) is 116 cm³/mol. The number of benzene rings is 2. The average Bonchev–Trinajstić information content (AvgIpc) is 3.58. The zero-order valence-electron chi connectivity index (χ0n) is 16.8. The molecule has 1 aliphatic carbocycles. The second kappa shape index (κ2) is 8.68. The first kappa shape index (κ1) is 19.5. The fourth-order valence-electron chi connectivity index (χ4n) is 3.97. The van der Waals surface area contributed by atoms with Crippen LogP contribution in [0.25, 0.3) is 0 Å². The number of rotatable bonds is 7. The fraction of sp³-hybridized carbons (Fsp3) is 0.417. The third-order valence-electron chi connectivity index (χ3n) is 6.01. The van der Waals surface area contributed by atoms with Gasteiger partial charge in [-0.25, -0.2) is 0 Å². The summed E-state index contributed by atoms with van der Waals surface area (Å²) >= 11 is 0. The lowest BCUT2D eigenvalue weighted by molar-refractivity contribution is -0.134. The zero-order valence-corrected chi connectivity index (χ0v) is 16.8. The van der Waals surface area contributed by atoms with E-state index < -0.39 is 5.41 Å². The van der Waals surface area contributed by atoms with Crippen LogP contribution in [0.1, 0.15) is 37.7 Å². The molecule has 1 saturated carbocycles. The number of carbonyl (C=O) groups excluding carboxylic acids is 2. The van der Waals surface area contributed by atoms with Gasteiger partial charge < -0.3 is 15.5 Å². The lowest BCUT2D eigenvalue weighted by Crippen LogP contribution is -2.40. The van der Waals surface area contributed by atoms with Crippen molar-refractivity contribution in [1.82, 2.24) is 5.32 Å². The molecule has 2 fully saturated rings. The van der Waals surface area contributed by atoms with Crippen molar-refractivity contribution in [1.29, 1.82) is 0 Å². The molecule has 2 aliphatic rings. The molecule has 2 aromatic rings. The van der Waals surface area contributed by atoms with Crippen LogP contribution in [-0.2, 0) is 16.0 Å². The third-order valence-corrected chi connectivity index (χ3v) is 6.01. The molecule has 0 aromatic heterocycles. The van der Waals surface area contributed by atoms with Gasteiger partial charge in [-0.15, -0.1) is 0 Å². The van der Waals surface area contributed by atoms with Crippen LogP contribution in [0.4, 0.5) is 11.4 Å². The summed E-state index contributed by atoms with van der Waals surface area (Å²) in [5.41, 5.74) is 2.22. The SMILES string of the molecule is O=C(NCCc1ccccc1)C1(C(=O)Nc2ccc(N3CCCCC3)cc2)CC1. The highest BCUT2D eigenvalue weighted by Gasteiger charge is 2.56. The van der Waals surface area contributed by atoms with E-state index in [2.05, 4.69) is 27.7 Å². The fourth-order valence-corrected chi connectivity index (χ4v) is 3.97. The first-order valence-electron chi connectivity index (χ1n) is 10.7. The van der Waals surface area contributed by atoms with E-state index in [0.717, 1.165) is 25.2 Å². The molecule has 152 valence electrons. The summed E-state index contributed by atoms with van der Waals surface area (Å²) in [5.74, 6) is -0.351. The highest BCUT2D eigenvalue weighted by Crippen LogP contribution is 2.46. The Hall–Kier alpha value is -2.82. The molecule has 29 heavy (non-hydrogen) atoms. The van der Waals surface area contributed by atoms with Gasteiger partial charge in [0.2, 0.25) is 11.8 Å². The van der Waals surface area contributed by atoms with E-state index in [-0.39, 0.29) is 11.8 Å². The summed E-state index contributed by atoms with van der Waals surface area (Å²) in [6.07, 6.45) is 5.77. The van der Waals surface area contributed by atoms with Crippen molar-refractivity contribution >= 4 is 23.2 Å². The molecule has 5 nitrogen and oxygen atoms in total. The van der Waals surface area contributed by atoms with Gasteiger partial charge in [-0.05, 0) is 68.4 Å². The summed E-state index contributed by atoms with van der Waals surface area (Å²) in [4.78, 5) is 27.8. The van der Waals surface area contributed by atoms with E-state index >= 15 is 0 Å². The van der Waals surface area contributed by atoms with Crippen LogP contribution in [-0.4, -0.2) is 31.4 Å². The number of carbonyl (C=O) groups is 2. The Morgan fingerprint density at radius 3 is 2.21 bits per heavy atom. The lowest BCUT2D eigenvalue weighted by Gasteiger charge is -2.28. The predicted octanol–water partition coefficient (Wildman–Crippen LogP) is 3.75. The van der Waals surface area contributed by atoms with Gasteiger partial charge in [-0.3, -0.25) is 9.59 Å². The van der Waals surface area contributed by atoms with Crippen LogP contribution in [0.3, 0.4) is 0 Å². The molecular weight excluding hydrogens is 362 g/mol. The average molecular weight is 392 g/mol. The first-order chi connectivity index (χ1) is 14.2. The van der Waals surface area contributed by atoms with Crippen LogP contribution in [0.5, 0.6) is 0 Å². The molecule has 2 N–H and O–H groups in total. The molecule has 1 heterocycles. The van der Waals surface area contributed by atoms with Crippen LogP contribution in [0.2, 0.25) is 0 Å². The maximum Gasteiger partial charge on any atom is 0.240 e. The van der Waals surface area contributed by atoms with E-state index in [9.17, 15) is 9.59 Å². The molecule has 2 aromatic carbocycles. The third kappa shape index (κ3) is 4.61. The summed E-state index contributed by atoms with van der Waals surface area (Å²) in [6.45, 7) is 2.73. The minimum atomic E-state index is -0.901. The van der Waals surface area contributed by atoms with E-state index in [1.54, 1.807) is 0 Å². The van der Waals surface area contributed by atoms with E-state index in [0.29, 0.717) is 19.4 Å². The number of amides is 2. The van der Waals surface area contributed by atoms with Gasteiger partial charge in [0.05, 0.1) is 0 Å². The molecule has 2 amide bonds. The monoisotopic (exact) mass is 391 g/mol. The van der Waals surface area contributed by atoms with Gasteiger partial charge in [0.1, 0.15) is 5.41 Å². The first-order valence-corrected chi connectivity index (χ1v) is 10.7. The maximum atomic E-state index is 12.8. The Bertz CT molecular complexity index is 838. The van der Waals surface area contributed by atoms with Crippen molar-refractivity contribution in [2.75, 3.05) is 29.9 Å². The van der Waals surface area contributed by atoms with Crippen molar-refractivity contribution in [2.24, 2.45) is 5.41 Å². The molecule has 5 heteroatoms. The Morgan fingerprint density at radius 2 is 1.55 bits per heavy atom. The second-order valence-corrected chi connectivity index (χ2v) is 8.12. The smallest absolute Gasteiger partial charge is 0.240 e. The number of nitrogens with one attached hydrogen (secondary N) is 2. The molecule has 1 saturated heterocycles. The van der Waals surface area contributed by atoms with Crippen LogP contribution in [0, 0.1) is 5.41 Å². The largest absolute Gasteiger partial charge is 0.372 e. The van der Waals surface area contributed by atoms with Crippen LogP contribution in [0.15, 0.2) is 54.6 Å². The maximum absolute atomic E-state index is 12.8. The van der Waals surface area contributed by atoms with Gasteiger partial charge in [-0.1, -0.05) is 30.3 Å². The second-order valence-electron chi connectivity index (χ2n) is 8.12. The van der Waals surface area contributed by atoms with Gasteiger partial charge >= 0.3 is 0 Å². The normalized spacial score (nSPS) is 17.4. The zero-order chi connectivity index (χ0) is 20.1. The highest BCUT2D eigenvalue weighted by molar-refractivity contribution is 6.13. The minimum absolute atomic E-state index is 0.157. The Kier molecular flexibility index (Phi) is 5.84. The summed E-state index contributed by atoms with van der Waals surface area (Å²) in [5, 5.41) is 5.89. The van der Waals surface area contributed by atoms with Crippen molar-refractivity contribution in [3.63, 3.8) is 0 Å². The topological polar surface area (TPSA) is 61.4 Å². The molecule has 4 rings (SSSR count). The van der Waals surface area contributed by atoms with E-state index in [4.69, 9.17) is 0 Å². The number of nitrogens with zero attached hydrogens (tertiary/aromatic N) is 1. The number of hydrogen-bond acceptors (Lipinski definition) is 3. The molecular formula is C24H29N3O2. The van der Waals surface area contributed by atoms with E-state index in [1.165, 1.54) is 30.5 Å². The van der Waals surface area contributed by atoms with Crippen LogP contribution >= 0.6 is 0 Å². The lowest BCUT2D eigenvalue weighted by atomic mass is 10.0. The Labute approximate surface area is 172 Å². The Morgan fingerprint density at radius 1 is 0.862 bits per heavy atom. The molecule has 1 aliphatic heterocycles. The quantitative estimate of drug-likeness (QED) is 0.707. The number of piperidine rings is 1. The van der Waals surface area contributed by atoms with Gasteiger partial charge in [-0.2, -0.15) is 0 Å². The Balaban J connectivity index is 1.29. The van der Waals surface area contributed by atoms with Crippen LogP contribution < -0.4 is 15.5 Å². The summed E-state index contributed by atoms with van der Waals surface area (Å²) < 4.78 is 0. The molecule has 0 unspecified atom stereocenters. The van der Waals surface area contributed by atoms with Crippen molar-refractivity contribution in [3.05, 3.63) is 60.2 Å². The summed E-state index contributed by atoms with van der Waals surface area (Å²) in [6, 6.07) is 18.0. The van der Waals surface area contributed by atoms with Gasteiger partial charge in [0, 0.05) is 31.0 Å². The molecule has 0 spiro atoms. The van der Waals surface area contributed by atoms with E-state index in [1.807, 2.05) is 42.5 Å².